The summed E-state index contributed by atoms with van der Waals surface area (Å²) < 4.78 is 34.4. The number of para-hydroxylation sites is 1. The summed E-state index contributed by atoms with van der Waals surface area (Å²) in [6, 6.07) is 11.1. The van der Waals surface area contributed by atoms with Gasteiger partial charge in [-0.1, -0.05) is 25.1 Å². The van der Waals surface area contributed by atoms with Gasteiger partial charge in [0.25, 0.3) is 5.91 Å². The molecule has 4 heterocycles. The van der Waals surface area contributed by atoms with E-state index >= 15 is 0 Å². The van der Waals surface area contributed by atoms with E-state index in [-0.39, 0.29) is 35.4 Å². The average molecular weight is 882 g/mol. The van der Waals surface area contributed by atoms with Gasteiger partial charge in [-0.15, -0.1) is 0 Å². The Morgan fingerprint density at radius 3 is 2.11 bits per heavy atom. The number of benzene rings is 2. The number of phenolic OH excluding ortho intramolecular Hbond substituents is 1. The summed E-state index contributed by atoms with van der Waals surface area (Å²) >= 11 is 6.76. The molecule has 2 atom stereocenters. The second kappa shape index (κ2) is 17.3. The monoisotopic (exact) mass is 879 g/mol. The van der Waals surface area contributed by atoms with Crippen LogP contribution in [0.2, 0.25) is 0 Å². The van der Waals surface area contributed by atoms with Gasteiger partial charge in [0.1, 0.15) is 5.75 Å². The summed E-state index contributed by atoms with van der Waals surface area (Å²) in [5.41, 5.74) is 2.66. The molecule has 4 amide bonds. The number of sulfonamides is 1. The normalized spacial score (nSPS) is 21.1. The highest BCUT2D eigenvalue weighted by Crippen LogP contribution is 2.36. The maximum absolute atomic E-state index is 14.1. The average Bonchev–Trinajstić information content (AvgIpc) is 3.34. The summed E-state index contributed by atoms with van der Waals surface area (Å²) in [6.07, 6.45) is 4.35. The predicted molar refractivity (Wildman–Crippen MR) is 210 cm³/mol. The van der Waals surface area contributed by atoms with Gasteiger partial charge in [-0.2, -0.15) is 0 Å². The van der Waals surface area contributed by atoms with E-state index in [2.05, 4.69) is 37.2 Å². The maximum atomic E-state index is 14.1. The largest absolute Gasteiger partial charge is 0.506 e. The molecule has 0 aliphatic carbocycles. The highest BCUT2D eigenvalue weighted by atomic mass is 79.9. The molecule has 2 aromatic carbocycles. The summed E-state index contributed by atoms with van der Waals surface area (Å²) in [4.78, 5) is 46.2. The number of hydrogen-bond donors (Lipinski definition) is 2. The number of phenols is 1. The molecule has 3 saturated heterocycles. The molecule has 0 aromatic heterocycles. The van der Waals surface area contributed by atoms with Crippen LogP contribution < -0.4 is 5.32 Å². The van der Waals surface area contributed by atoms with Crippen molar-refractivity contribution in [3.05, 3.63) is 56.5 Å². The first-order valence-corrected chi connectivity index (χ1v) is 22.0. The first kappa shape index (κ1) is 39.8. The van der Waals surface area contributed by atoms with Crippen LogP contribution in [-0.4, -0.2) is 114 Å². The molecule has 53 heavy (non-hydrogen) atoms. The van der Waals surface area contributed by atoms with Crippen LogP contribution in [0.5, 0.6) is 5.75 Å². The number of nitrogens with one attached hydrogen (secondary N) is 1. The van der Waals surface area contributed by atoms with Crippen LogP contribution in [0.4, 0.5) is 15.3 Å². The van der Waals surface area contributed by atoms with Crippen molar-refractivity contribution in [3.63, 3.8) is 0 Å². The van der Waals surface area contributed by atoms with Crippen LogP contribution in [-0.2, 0) is 32.4 Å². The summed E-state index contributed by atoms with van der Waals surface area (Å²) in [5, 5.41) is 12.9. The van der Waals surface area contributed by atoms with Gasteiger partial charge in [-0.05, 0) is 131 Å². The van der Waals surface area contributed by atoms with Gasteiger partial charge in [0, 0.05) is 64.0 Å². The Kier molecular flexibility index (Phi) is 13.0. The molecule has 1 unspecified atom stereocenters. The van der Waals surface area contributed by atoms with Crippen molar-refractivity contribution in [3.8, 4) is 5.75 Å². The number of urea groups is 1. The number of carbonyl (C=O) groups is 3. The number of hydrogen-bond acceptors (Lipinski definition) is 7. The quantitative estimate of drug-likeness (QED) is 0.290. The molecule has 12 nitrogen and oxygen atoms in total. The third kappa shape index (κ3) is 9.16. The van der Waals surface area contributed by atoms with Crippen LogP contribution in [0.3, 0.4) is 0 Å². The second-order valence-corrected chi connectivity index (χ2v) is 19.0. The topological polar surface area (TPSA) is 140 Å². The van der Waals surface area contributed by atoms with E-state index in [1.165, 1.54) is 0 Å². The second-order valence-electron chi connectivity index (χ2n) is 14.9. The minimum Gasteiger partial charge on any atom is -0.506 e. The highest BCUT2D eigenvalue weighted by molar-refractivity contribution is 9.11. The summed E-state index contributed by atoms with van der Waals surface area (Å²) in [6.45, 7) is 7.25. The van der Waals surface area contributed by atoms with E-state index in [1.54, 1.807) is 33.2 Å². The molecule has 4 aliphatic heterocycles. The number of piperidine rings is 3. The molecule has 290 valence electrons. The van der Waals surface area contributed by atoms with E-state index in [9.17, 15) is 27.9 Å². The minimum atomic E-state index is -3.27. The smallest absolute Gasteiger partial charge is 0.410 e. The first-order chi connectivity index (χ1) is 25.3. The summed E-state index contributed by atoms with van der Waals surface area (Å²) in [7, 11) is -3.27. The van der Waals surface area contributed by atoms with Gasteiger partial charge in [0.2, 0.25) is 10.0 Å². The van der Waals surface area contributed by atoms with Crippen molar-refractivity contribution in [2.45, 2.75) is 89.0 Å². The zero-order valence-corrected chi connectivity index (χ0v) is 34.5. The fraction of sp³-hybridized carbons (Fsp3) is 0.605. The van der Waals surface area contributed by atoms with E-state index in [0.29, 0.717) is 91.4 Å². The zero-order valence-electron chi connectivity index (χ0n) is 30.5. The van der Waals surface area contributed by atoms with Gasteiger partial charge in [0.05, 0.1) is 14.2 Å². The maximum Gasteiger partial charge on any atom is 0.410 e. The van der Waals surface area contributed by atoms with Crippen LogP contribution in [0.25, 0.3) is 0 Å². The fourth-order valence-electron chi connectivity index (χ4n) is 8.29. The number of likely N-dealkylation sites (tertiary alicyclic amines) is 2. The van der Waals surface area contributed by atoms with Crippen molar-refractivity contribution >= 4 is 65.6 Å². The van der Waals surface area contributed by atoms with Crippen molar-refractivity contribution in [2.24, 2.45) is 11.8 Å². The lowest BCUT2D eigenvalue weighted by Gasteiger charge is -2.41. The molecule has 0 saturated carbocycles. The third-order valence-electron chi connectivity index (χ3n) is 11.8. The van der Waals surface area contributed by atoms with Gasteiger partial charge in [-0.3, -0.25) is 4.79 Å². The number of nitrogens with zero attached hydrogens (tertiary/aromatic N) is 4. The Labute approximate surface area is 329 Å². The standard InChI is InChI=1S/C38H51Br2N5O7S/c1-3-25(2)53(50,51)44-19-10-28(11-20-44)27-8-15-42(16-9-27)36(47)34(24-26-22-31(39)35(46)32(40)23-26)52-38(49)43-17-13-30(14-18-43)45-21-12-29-6-4-5-7-33(29)41-37(45)48/h4-7,22-23,25,27-28,30,34,46H,3,8-21,24H2,1-2H3,(H,41,48)/t25?,34-/m1/s1. The fourth-order valence-corrected chi connectivity index (χ4v) is 11.2. The van der Waals surface area contributed by atoms with Crippen molar-refractivity contribution in [2.75, 3.05) is 51.1 Å². The number of anilines is 1. The Morgan fingerprint density at radius 1 is 0.906 bits per heavy atom. The molecule has 2 aromatic rings. The van der Waals surface area contributed by atoms with Gasteiger partial charge in [-0.25, -0.2) is 22.3 Å². The van der Waals surface area contributed by atoms with Crippen LogP contribution >= 0.6 is 31.9 Å². The zero-order chi connectivity index (χ0) is 37.9. The van der Waals surface area contributed by atoms with E-state index in [1.807, 2.05) is 36.1 Å². The Hall–Kier alpha value is -2.88. The Morgan fingerprint density at radius 2 is 1.49 bits per heavy atom. The molecule has 4 aliphatic rings. The van der Waals surface area contributed by atoms with Crippen LogP contribution in [0.1, 0.15) is 69.9 Å². The SMILES string of the molecule is CCC(C)S(=O)(=O)N1CCC(C2CCN(C(=O)[C@@H](Cc3cc(Br)c(O)c(Br)c3)OC(=O)N3CCC(N4CCc5ccccc5NC4=O)CC3)CC2)CC1. The number of carbonyl (C=O) groups excluding carboxylic acids is 3. The van der Waals surface area contributed by atoms with Crippen LogP contribution in [0, 0.1) is 11.8 Å². The molecule has 0 spiro atoms. The molecule has 15 heteroatoms. The van der Waals surface area contributed by atoms with Crippen molar-refractivity contribution < 1.29 is 32.6 Å². The highest BCUT2D eigenvalue weighted by Gasteiger charge is 2.38. The van der Waals surface area contributed by atoms with E-state index in [0.717, 1.165) is 43.4 Å². The Balaban J connectivity index is 1.06. The molecule has 0 radical (unpaired) electrons. The number of amides is 4. The number of halogens is 2. The number of fused-ring (bicyclic) bond motifs is 1. The molecule has 2 N–H and O–H groups in total. The van der Waals surface area contributed by atoms with Crippen LogP contribution in [0.15, 0.2) is 45.3 Å². The minimum absolute atomic E-state index is 0.0182. The lowest BCUT2D eigenvalue weighted by atomic mass is 9.79. The molecule has 3 fully saturated rings. The molecule has 0 bridgehead atoms. The third-order valence-corrected chi connectivity index (χ3v) is 15.4. The first-order valence-electron chi connectivity index (χ1n) is 18.9. The lowest BCUT2D eigenvalue weighted by molar-refractivity contribution is -0.142. The van der Waals surface area contributed by atoms with Gasteiger partial charge >= 0.3 is 12.1 Å². The number of aromatic hydroxyl groups is 1. The molecule has 6 rings (SSSR count). The molecular weight excluding hydrogens is 830 g/mol. The van der Waals surface area contributed by atoms with Crippen molar-refractivity contribution in [1.82, 2.24) is 19.0 Å². The summed E-state index contributed by atoms with van der Waals surface area (Å²) in [5.74, 6) is 0.611. The van der Waals surface area contributed by atoms with E-state index < -0.39 is 22.2 Å². The Bertz CT molecular complexity index is 1730. The van der Waals surface area contributed by atoms with E-state index in [4.69, 9.17) is 4.74 Å². The lowest BCUT2D eigenvalue weighted by Crippen LogP contribution is -2.52. The van der Waals surface area contributed by atoms with Crippen molar-refractivity contribution in [1.29, 1.82) is 0 Å². The predicted octanol–water partition coefficient (Wildman–Crippen LogP) is 6.60. The molecular formula is C38H51Br2N5O7S. The van der Waals surface area contributed by atoms with Gasteiger partial charge < -0.3 is 29.9 Å². The number of ether oxygens (including phenoxy) is 1. The van der Waals surface area contributed by atoms with Gasteiger partial charge in [0.15, 0.2) is 6.10 Å². The number of rotatable bonds is 9.